The number of benzene rings is 1. The van der Waals surface area contributed by atoms with Gasteiger partial charge in [0.25, 0.3) is 10.1 Å². The average Bonchev–Trinajstić information content (AvgIpc) is 2.27. The quantitative estimate of drug-likeness (QED) is 0.558. The molecule has 1 rings (SSSR count). The topological polar surface area (TPSA) is 69.7 Å². The number of hydrogen-bond donors (Lipinski definition) is 0. The molecule has 0 aliphatic heterocycles. The zero-order valence-corrected chi connectivity index (χ0v) is 8.86. The Morgan fingerprint density at radius 1 is 1.27 bits per heavy atom. The van der Waals surface area contributed by atoms with Gasteiger partial charge in [0, 0.05) is 0 Å². The van der Waals surface area contributed by atoms with Crippen LogP contribution in [0.3, 0.4) is 0 Å². The van der Waals surface area contributed by atoms with E-state index in [9.17, 15) is 13.2 Å². The Labute approximate surface area is 87.7 Å². The highest BCUT2D eigenvalue weighted by Gasteiger charge is 2.16. The molecule has 0 saturated carbocycles. The van der Waals surface area contributed by atoms with Crippen molar-refractivity contribution in [2.75, 3.05) is 13.7 Å². The fraction of sp³-hybridized carbons (Fsp3) is 0.222. The van der Waals surface area contributed by atoms with Crippen molar-refractivity contribution >= 4 is 16.1 Å². The van der Waals surface area contributed by atoms with E-state index >= 15 is 0 Å². The number of methoxy groups -OCH3 is 1. The zero-order valence-electron chi connectivity index (χ0n) is 8.04. The summed E-state index contributed by atoms with van der Waals surface area (Å²) in [5.74, 6) is -0.741. The summed E-state index contributed by atoms with van der Waals surface area (Å²) in [5.41, 5.74) is 0. The number of carbonyl (C=O) groups excluding carboxylic acids is 1. The molecule has 0 atom stereocenters. The maximum absolute atomic E-state index is 11.4. The minimum atomic E-state index is -3.87. The zero-order chi connectivity index (χ0) is 11.3. The van der Waals surface area contributed by atoms with Crippen LogP contribution in [-0.2, 0) is 23.8 Å². The summed E-state index contributed by atoms with van der Waals surface area (Å²) in [7, 11) is -2.71. The molecule has 0 aliphatic carbocycles. The van der Waals surface area contributed by atoms with Gasteiger partial charge in [-0.1, -0.05) is 18.2 Å². The largest absolute Gasteiger partial charge is 0.467 e. The Kier molecular flexibility index (Phi) is 3.81. The van der Waals surface area contributed by atoms with Crippen molar-refractivity contribution in [3.05, 3.63) is 30.3 Å². The van der Waals surface area contributed by atoms with E-state index in [2.05, 4.69) is 8.92 Å². The van der Waals surface area contributed by atoms with Gasteiger partial charge in [-0.15, -0.1) is 0 Å². The maximum atomic E-state index is 11.4. The lowest BCUT2D eigenvalue weighted by Crippen LogP contribution is -2.15. The Balaban J connectivity index is 2.73. The molecule has 0 heterocycles. The van der Waals surface area contributed by atoms with E-state index in [1.807, 2.05) is 0 Å². The van der Waals surface area contributed by atoms with Crippen molar-refractivity contribution in [3.63, 3.8) is 0 Å². The normalized spacial score (nSPS) is 11.0. The minimum Gasteiger partial charge on any atom is -0.467 e. The number of hydrogen-bond acceptors (Lipinski definition) is 5. The Morgan fingerprint density at radius 2 is 1.87 bits per heavy atom. The monoisotopic (exact) mass is 230 g/mol. The summed E-state index contributed by atoms with van der Waals surface area (Å²) in [6, 6.07) is 7.57. The van der Waals surface area contributed by atoms with Crippen molar-refractivity contribution in [3.8, 4) is 0 Å². The molecule has 0 bridgehead atoms. The van der Waals surface area contributed by atoms with Crippen LogP contribution < -0.4 is 0 Å². The van der Waals surface area contributed by atoms with Crippen LogP contribution in [-0.4, -0.2) is 28.1 Å². The van der Waals surface area contributed by atoms with E-state index in [1.54, 1.807) is 18.2 Å². The first-order chi connectivity index (χ1) is 7.06. The first-order valence-electron chi connectivity index (χ1n) is 4.07. The second-order valence-corrected chi connectivity index (χ2v) is 4.22. The SMILES string of the molecule is COC(=O)COS(=O)(=O)c1ccccc1. The van der Waals surface area contributed by atoms with Crippen molar-refractivity contribution in [2.24, 2.45) is 0 Å². The van der Waals surface area contributed by atoms with Gasteiger partial charge >= 0.3 is 5.97 Å². The number of rotatable bonds is 4. The predicted octanol–water partition coefficient (Wildman–Crippen LogP) is 0.565. The van der Waals surface area contributed by atoms with Gasteiger partial charge in [-0.3, -0.25) is 4.18 Å². The number of esters is 1. The highest BCUT2D eigenvalue weighted by molar-refractivity contribution is 7.86. The van der Waals surface area contributed by atoms with E-state index in [-0.39, 0.29) is 4.90 Å². The second-order valence-electron chi connectivity index (χ2n) is 2.61. The molecule has 15 heavy (non-hydrogen) atoms. The fourth-order valence-electron chi connectivity index (χ4n) is 0.840. The van der Waals surface area contributed by atoms with Gasteiger partial charge < -0.3 is 4.74 Å². The van der Waals surface area contributed by atoms with Gasteiger partial charge in [0.2, 0.25) is 0 Å². The molecule has 0 N–H and O–H groups in total. The summed E-state index contributed by atoms with van der Waals surface area (Å²) in [6.07, 6.45) is 0. The van der Waals surface area contributed by atoms with Gasteiger partial charge in [0.1, 0.15) is 0 Å². The average molecular weight is 230 g/mol. The van der Waals surface area contributed by atoms with E-state index in [4.69, 9.17) is 0 Å². The lowest BCUT2D eigenvalue weighted by Gasteiger charge is -2.03. The van der Waals surface area contributed by atoms with Crippen LogP contribution in [0.5, 0.6) is 0 Å². The third-order valence-corrected chi connectivity index (χ3v) is 2.87. The molecular formula is C9H10O5S. The number of carbonyl (C=O) groups is 1. The lowest BCUT2D eigenvalue weighted by atomic mass is 10.4. The van der Waals surface area contributed by atoms with Crippen LogP contribution in [0, 0.1) is 0 Å². The highest BCUT2D eigenvalue weighted by atomic mass is 32.2. The molecule has 6 heteroatoms. The van der Waals surface area contributed by atoms with Gasteiger partial charge in [-0.2, -0.15) is 8.42 Å². The third-order valence-electron chi connectivity index (χ3n) is 1.59. The Hall–Kier alpha value is -1.40. The molecule has 5 nitrogen and oxygen atoms in total. The lowest BCUT2D eigenvalue weighted by molar-refractivity contribution is -0.142. The minimum absolute atomic E-state index is 0.00824. The van der Waals surface area contributed by atoms with Crippen LogP contribution in [0.1, 0.15) is 0 Å². The first kappa shape index (κ1) is 11.7. The predicted molar refractivity (Wildman–Crippen MR) is 51.6 cm³/mol. The summed E-state index contributed by atoms with van der Waals surface area (Å²) in [5, 5.41) is 0. The standard InChI is InChI=1S/C9H10O5S/c1-13-9(10)7-14-15(11,12)8-5-3-2-4-6-8/h2-6H,7H2,1H3. The molecule has 0 fully saturated rings. The van der Waals surface area contributed by atoms with E-state index in [0.29, 0.717) is 0 Å². The van der Waals surface area contributed by atoms with Crippen LogP contribution >= 0.6 is 0 Å². The van der Waals surface area contributed by atoms with Crippen molar-refractivity contribution < 1.29 is 22.1 Å². The highest BCUT2D eigenvalue weighted by Crippen LogP contribution is 2.10. The Morgan fingerprint density at radius 3 is 2.40 bits per heavy atom. The van der Waals surface area contributed by atoms with Gasteiger partial charge in [0.05, 0.1) is 12.0 Å². The van der Waals surface area contributed by atoms with Gasteiger partial charge in [0.15, 0.2) is 6.61 Å². The Bertz CT molecular complexity index is 423. The van der Waals surface area contributed by atoms with E-state index in [0.717, 1.165) is 7.11 Å². The number of ether oxygens (including phenoxy) is 1. The summed E-state index contributed by atoms with van der Waals surface area (Å²) in [4.78, 5) is 10.7. The van der Waals surface area contributed by atoms with Crippen LogP contribution in [0.4, 0.5) is 0 Å². The molecule has 82 valence electrons. The van der Waals surface area contributed by atoms with Crippen LogP contribution in [0.2, 0.25) is 0 Å². The molecule has 0 aromatic heterocycles. The molecule has 0 aliphatic rings. The molecule has 0 amide bonds. The summed E-state index contributed by atoms with van der Waals surface area (Å²) < 4.78 is 31.6. The molecular weight excluding hydrogens is 220 g/mol. The van der Waals surface area contributed by atoms with Crippen molar-refractivity contribution in [1.29, 1.82) is 0 Å². The molecule has 0 saturated heterocycles. The van der Waals surface area contributed by atoms with Crippen LogP contribution in [0.15, 0.2) is 35.2 Å². The van der Waals surface area contributed by atoms with Crippen molar-refractivity contribution in [1.82, 2.24) is 0 Å². The van der Waals surface area contributed by atoms with Crippen LogP contribution in [0.25, 0.3) is 0 Å². The summed E-state index contributed by atoms with van der Waals surface area (Å²) >= 11 is 0. The second kappa shape index (κ2) is 4.90. The molecule has 0 radical (unpaired) electrons. The van der Waals surface area contributed by atoms with Gasteiger partial charge in [-0.05, 0) is 12.1 Å². The van der Waals surface area contributed by atoms with E-state index in [1.165, 1.54) is 12.1 Å². The van der Waals surface area contributed by atoms with Gasteiger partial charge in [-0.25, -0.2) is 4.79 Å². The van der Waals surface area contributed by atoms with Crippen molar-refractivity contribution in [2.45, 2.75) is 4.90 Å². The molecule has 0 spiro atoms. The molecule has 1 aromatic rings. The molecule has 1 aromatic carbocycles. The third kappa shape index (κ3) is 3.34. The maximum Gasteiger partial charge on any atom is 0.333 e. The van der Waals surface area contributed by atoms with E-state index < -0.39 is 22.7 Å². The fourth-order valence-corrected chi connectivity index (χ4v) is 1.72. The summed E-state index contributed by atoms with van der Waals surface area (Å²) in [6.45, 7) is -0.617. The first-order valence-corrected chi connectivity index (χ1v) is 5.48. The smallest absolute Gasteiger partial charge is 0.333 e. The molecule has 0 unspecified atom stereocenters.